The molecule has 11 heavy (non-hydrogen) atoms. The van der Waals surface area contributed by atoms with Crippen molar-refractivity contribution in [1.29, 1.82) is 0 Å². The van der Waals surface area contributed by atoms with Gasteiger partial charge in [0.05, 0.1) is 0 Å². The zero-order valence-corrected chi connectivity index (χ0v) is 7.45. The molecule has 1 N–H and O–H groups in total. The molecule has 1 aliphatic rings. The van der Waals surface area contributed by atoms with Crippen LogP contribution in [0.15, 0.2) is 0 Å². The van der Waals surface area contributed by atoms with E-state index in [-0.39, 0.29) is 6.42 Å². The number of rotatable bonds is 0. The summed E-state index contributed by atoms with van der Waals surface area (Å²) < 4.78 is 25.1. The minimum Gasteiger partial charge on any atom is -0.316 e. The van der Waals surface area contributed by atoms with Crippen molar-refractivity contribution in [3.05, 3.63) is 0 Å². The molecule has 1 unspecified atom stereocenters. The second-order valence-electron chi connectivity index (χ2n) is 2.62. The van der Waals surface area contributed by atoms with E-state index in [1.165, 1.54) is 0 Å². The van der Waals surface area contributed by atoms with Crippen LogP contribution in [-0.4, -0.2) is 19.0 Å². The monoisotopic (exact) mass is 165 g/mol. The quantitative estimate of drug-likeness (QED) is 0.580. The fourth-order valence-corrected chi connectivity index (χ4v) is 0.969. The third-order valence-electron chi connectivity index (χ3n) is 1.81. The summed E-state index contributed by atoms with van der Waals surface area (Å²) in [5.74, 6) is -2.92. The number of hydrogen-bond acceptors (Lipinski definition) is 1. The van der Waals surface area contributed by atoms with E-state index in [1.807, 2.05) is 13.8 Å². The SMILES string of the molecule is CC.CC1CNCCC1(F)F. The van der Waals surface area contributed by atoms with Crippen LogP contribution in [0.3, 0.4) is 0 Å². The predicted octanol–water partition coefficient (Wildman–Crippen LogP) is 2.28. The summed E-state index contributed by atoms with van der Waals surface area (Å²) in [5.41, 5.74) is 0. The molecular formula is C8H17F2N. The highest BCUT2D eigenvalue weighted by atomic mass is 19.3. The standard InChI is InChI=1S/C6H11F2N.C2H6/c1-5-4-9-3-2-6(5,7)8;1-2/h5,9H,2-4H2,1H3;1-2H3. The van der Waals surface area contributed by atoms with Crippen LogP contribution in [0.1, 0.15) is 27.2 Å². The van der Waals surface area contributed by atoms with E-state index in [9.17, 15) is 8.78 Å². The fourth-order valence-electron chi connectivity index (χ4n) is 0.969. The molecule has 1 atom stereocenters. The maximum atomic E-state index is 12.6. The van der Waals surface area contributed by atoms with Crippen LogP contribution in [0.5, 0.6) is 0 Å². The van der Waals surface area contributed by atoms with Crippen molar-refractivity contribution in [2.75, 3.05) is 13.1 Å². The van der Waals surface area contributed by atoms with Gasteiger partial charge in [-0.1, -0.05) is 20.8 Å². The van der Waals surface area contributed by atoms with Gasteiger partial charge in [-0.3, -0.25) is 0 Å². The largest absolute Gasteiger partial charge is 0.316 e. The van der Waals surface area contributed by atoms with Crippen molar-refractivity contribution in [2.45, 2.75) is 33.1 Å². The Morgan fingerprint density at radius 2 is 1.91 bits per heavy atom. The van der Waals surface area contributed by atoms with Crippen molar-refractivity contribution < 1.29 is 8.78 Å². The van der Waals surface area contributed by atoms with Gasteiger partial charge >= 0.3 is 0 Å². The average molecular weight is 165 g/mol. The van der Waals surface area contributed by atoms with Crippen LogP contribution in [-0.2, 0) is 0 Å². The lowest BCUT2D eigenvalue weighted by Gasteiger charge is -2.28. The highest BCUT2D eigenvalue weighted by molar-refractivity contribution is 4.80. The maximum absolute atomic E-state index is 12.6. The van der Waals surface area contributed by atoms with Gasteiger partial charge in [0.25, 0.3) is 5.92 Å². The Hall–Kier alpha value is -0.180. The number of halogens is 2. The Morgan fingerprint density at radius 3 is 2.18 bits per heavy atom. The summed E-state index contributed by atoms with van der Waals surface area (Å²) in [4.78, 5) is 0. The first-order valence-electron chi connectivity index (χ1n) is 4.21. The minimum absolute atomic E-state index is 0.00579. The van der Waals surface area contributed by atoms with Gasteiger partial charge < -0.3 is 5.32 Å². The third-order valence-corrected chi connectivity index (χ3v) is 1.81. The molecule has 0 aromatic heterocycles. The van der Waals surface area contributed by atoms with Crippen molar-refractivity contribution in [1.82, 2.24) is 5.32 Å². The summed E-state index contributed by atoms with van der Waals surface area (Å²) in [6.45, 7) is 6.48. The van der Waals surface area contributed by atoms with Crippen LogP contribution in [0.25, 0.3) is 0 Å². The highest BCUT2D eigenvalue weighted by Gasteiger charge is 2.37. The molecular weight excluding hydrogens is 148 g/mol. The van der Waals surface area contributed by atoms with Gasteiger partial charge in [0.1, 0.15) is 0 Å². The van der Waals surface area contributed by atoms with E-state index in [0.29, 0.717) is 13.1 Å². The Balaban J connectivity index is 0.000000461. The van der Waals surface area contributed by atoms with Gasteiger partial charge in [-0.05, 0) is 0 Å². The molecule has 0 bridgehead atoms. The van der Waals surface area contributed by atoms with Gasteiger partial charge in [-0.25, -0.2) is 8.78 Å². The van der Waals surface area contributed by atoms with E-state index < -0.39 is 11.8 Å². The number of nitrogens with one attached hydrogen (secondary N) is 1. The number of alkyl halides is 2. The molecule has 1 aliphatic heterocycles. The van der Waals surface area contributed by atoms with Gasteiger partial charge in [0.2, 0.25) is 0 Å². The average Bonchev–Trinajstić information content (AvgIpc) is 2.00. The van der Waals surface area contributed by atoms with Gasteiger partial charge in [0, 0.05) is 25.4 Å². The van der Waals surface area contributed by atoms with E-state index in [2.05, 4.69) is 5.32 Å². The molecule has 3 heteroatoms. The zero-order chi connectivity index (χ0) is 8.91. The van der Waals surface area contributed by atoms with Crippen molar-refractivity contribution in [2.24, 2.45) is 5.92 Å². The maximum Gasteiger partial charge on any atom is 0.253 e. The lowest BCUT2D eigenvalue weighted by atomic mass is 9.97. The third kappa shape index (κ3) is 3.14. The van der Waals surface area contributed by atoms with Gasteiger partial charge in [0.15, 0.2) is 0 Å². The van der Waals surface area contributed by atoms with Crippen LogP contribution < -0.4 is 5.32 Å². The molecule has 0 aromatic rings. The number of piperidine rings is 1. The molecule has 1 nitrogen and oxygen atoms in total. The Morgan fingerprint density at radius 1 is 1.36 bits per heavy atom. The molecule has 68 valence electrons. The second-order valence-corrected chi connectivity index (χ2v) is 2.62. The topological polar surface area (TPSA) is 12.0 Å². The Kier molecular flexibility index (Phi) is 4.57. The van der Waals surface area contributed by atoms with Crippen LogP contribution in [0, 0.1) is 5.92 Å². The predicted molar refractivity (Wildman–Crippen MR) is 42.9 cm³/mol. The molecule has 0 radical (unpaired) electrons. The van der Waals surface area contributed by atoms with Crippen molar-refractivity contribution in [3.63, 3.8) is 0 Å². The first-order valence-corrected chi connectivity index (χ1v) is 4.21. The molecule has 0 amide bonds. The molecule has 1 saturated heterocycles. The number of hydrogen-bond donors (Lipinski definition) is 1. The molecule has 1 fully saturated rings. The van der Waals surface area contributed by atoms with Crippen LogP contribution in [0.4, 0.5) is 8.78 Å². The van der Waals surface area contributed by atoms with E-state index in [4.69, 9.17) is 0 Å². The van der Waals surface area contributed by atoms with Crippen molar-refractivity contribution >= 4 is 0 Å². The molecule has 1 rings (SSSR count). The minimum atomic E-state index is -2.43. The lowest BCUT2D eigenvalue weighted by molar-refractivity contribution is -0.0710. The first-order chi connectivity index (χ1) is 5.13. The molecule has 0 aliphatic carbocycles. The van der Waals surface area contributed by atoms with Crippen LogP contribution in [0.2, 0.25) is 0 Å². The highest BCUT2D eigenvalue weighted by Crippen LogP contribution is 2.29. The summed E-state index contributed by atoms with van der Waals surface area (Å²) in [5, 5.41) is 2.91. The van der Waals surface area contributed by atoms with Crippen LogP contribution >= 0.6 is 0 Å². The molecule has 0 spiro atoms. The summed E-state index contributed by atoms with van der Waals surface area (Å²) in [7, 11) is 0. The fraction of sp³-hybridized carbons (Fsp3) is 1.00. The van der Waals surface area contributed by atoms with E-state index >= 15 is 0 Å². The molecule has 0 saturated carbocycles. The summed E-state index contributed by atoms with van der Waals surface area (Å²) in [6, 6.07) is 0. The van der Waals surface area contributed by atoms with Gasteiger partial charge in [-0.2, -0.15) is 0 Å². The normalized spacial score (nSPS) is 28.6. The Labute approximate surface area is 67.2 Å². The summed E-state index contributed by atoms with van der Waals surface area (Å²) >= 11 is 0. The van der Waals surface area contributed by atoms with Crippen molar-refractivity contribution in [3.8, 4) is 0 Å². The zero-order valence-electron chi connectivity index (χ0n) is 7.45. The molecule has 1 heterocycles. The molecule has 0 aromatic carbocycles. The lowest BCUT2D eigenvalue weighted by Crippen LogP contribution is -2.42. The Bertz CT molecular complexity index is 104. The van der Waals surface area contributed by atoms with E-state index in [0.717, 1.165) is 0 Å². The van der Waals surface area contributed by atoms with Gasteiger partial charge in [-0.15, -0.1) is 0 Å². The first kappa shape index (κ1) is 10.8. The summed E-state index contributed by atoms with van der Waals surface area (Å²) in [6.07, 6.45) is -0.00579. The second kappa shape index (κ2) is 4.65. The van der Waals surface area contributed by atoms with E-state index in [1.54, 1.807) is 6.92 Å². The smallest absolute Gasteiger partial charge is 0.253 e.